The average molecular weight is 368 g/mol. The fraction of sp³-hybridized carbons (Fsp3) is 0.444. The molecule has 0 saturated heterocycles. The Bertz CT molecular complexity index is 552. The monoisotopic (exact) mass is 368 g/mol. The molecule has 0 aromatic heterocycles. The van der Waals surface area contributed by atoms with Gasteiger partial charge in [0.1, 0.15) is 26.4 Å². The summed E-state index contributed by atoms with van der Waals surface area (Å²) >= 11 is 0. The molecule has 0 unspecified atom stereocenters. The Labute approximate surface area is 152 Å². The van der Waals surface area contributed by atoms with Crippen molar-refractivity contribution in [3.63, 3.8) is 0 Å². The van der Waals surface area contributed by atoms with Gasteiger partial charge >= 0.3 is 23.9 Å². The summed E-state index contributed by atoms with van der Waals surface area (Å²) in [6.07, 6.45) is 1.76. The van der Waals surface area contributed by atoms with Crippen LogP contribution in [0.2, 0.25) is 0 Å². The van der Waals surface area contributed by atoms with Crippen LogP contribution in [0.1, 0.15) is 20.3 Å². The quantitative estimate of drug-likeness (QED) is 0.221. The summed E-state index contributed by atoms with van der Waals surface area (Å²) < 4.78 is 19.7. The molecule has 0 aliphatic heterocycles. The predicted molar refractivity (Wildman–Crippen MR) is 91.8 cm³/mol. The molecule has 0 aliphatic rings. The molecule has 26 heavy (non-hydrogen) atoms. The van der Waals surface area contributed by atoms with Gasteiger partial charge in [0.15, 0.2) is 0 Å². The molecule has 0 heterocycles. The zero-order valence-corrected chi connectivity index (χ0v) is 15.1. The van der Waals surface area contributed by atoms with Crippen LogP contribution in [-0.4, -0.2) is 50.3 Å². The molecule has 0 aromatic rings. The molecular weight excluding hydrogens is 344 g/mol. The second kappa shape index (κ2) is 11.6. The Hall–Kier alpha value is -2.90. The molecule has 0 radical (unpaired) electrons. The van der Waals surface area contributed by atoms with Crippen molar-refractivity contribution in [2.75, 3.05) is 26.4 Å². The van der Waals surface area contributed by atoms with Gasteiger partial charge in [-0.05, 0) is 6.92 Å². The van der Waals surface area contributed by atoms with Crippen molar-refractivity contribution in [2.24, 2.45) is 5.41 Å². The predicted octanol–water partition coefficient (Wildman–Crippen LogP) is 1.50. The van der Waals surface area contributed by atoms with E-state index in [4.69, 9.17) is 18.9 Å². The van der Waals surface area contributed by atoms with Crippen LogP contribution >= 0.6 is 0 Å². The van der Waals surface area contributed by atoms with Crippen LogP contribution in [0.25, 0.3) is 0 Å². The largest absolute Gasteiger partial charge is 0.462 e. The van der Waals surface area contributed by atoms with Gasteiger partial charge in [0.25, 0.3) is 0 Å². The lowest BCUT2D eigenvalue weighted by atomic mass is 9.89. The lowest BCUT2D eigenvalue weighted by molar-refractivity contribution is -0.158. The first kappa shape index (κ1) is 23.1. The Kier molecular flexibility index (Phi) is 10.3. The van der Waals surface area contributed by atoms with E-state index in [0.717, 1.165) is 12.2 Å². The van der Waals surface area contributed by atoms with Gasteiger partial charge in [0, 0.05) is 23.1 Å². The zero-order chi connectivity index (χ0) is 20.2. The summed E-state index contributed by atoms with van der Waals surface area (Å²) in [6, 6.07) is 0. The van der Waals surface area contributed by atoms with Crippen LogP contribution in [-0.2, 0) is 38.1 Å². The third kappa shape index (κ3) is 10.1. The fourth-order valence-electron chi connectivity index (χ4n) is 1.56. The van der Waals surface area contributed by atoms with E-state index in [9.17, 15) is 19.2 Å². The van der Waals surface area contributed by atoms with E-state index in [1.54, 1.807) is 6.92 Å². The number of hydrogen-bond acceptors (Lipinski definition) is 8. The molecule has 144 valence electrons. The maximum absolute atomic E-state index is 12.0. The molecule has 8 heteroatoms. The number of hydrogen-bond donors (Lipinski definition) is 0. The van der Waals surface area contributed by atoms with Crippen molar-refractivity contribution in [1.29, 1.82) is 0 Å². The zero-order valence-electron chi connectivity index (χ0n) is 15.1. The molecule has 0 spiro atoms. The van der Waals surface area contributed by atoms with Crippen LogP contribution in [0, 0.1) is 5.41 Å². The molecule has 0 atom stereocenters. The summed E-state index contributed by atoms with van der Waals surface area (Å²) in [4.78, 5) is 45.6. The maximum atomic E-state index is 12.0. The Morgan fingerprint density at radius 3 is 1.77 bits per heavy atom. The Balaban J connectivity index is 4.59. The van der Waals surface area contributed by atoms with E-state index in [2.05, 4.69) is 19.7 Å². The summed E-state index contributed by atoms with van der Waals surface area (Å²) in [7, 11) is 0. The van der Waals surface area contributed by atoms with Gasteiger partial charge in [0.05, 0.1) is 6.42 Å². The average Bonchev–Trinajstić information content (AvgIpc) is 2.60. The minimum atomic E-state index is -1.01. The van der Waals surface area contributed by atoms with Crippen molar-refractivity contribution in [3.8, 4) is 0 Å². The molecule has 0 saturated carbocycles. The molecule has 0 bridgehead atoms. The molecule has 0 amide bonds. The normalized spacial score (nSPS) is 10.2. The first-order chi connectivity index (χ1) is 12.1. The van der Waals surface area contributed by atoms with Crippen molar-refractivity contribution in [3.05, 3.63) is 37.5 Å². The van der Waals surface area contributed by atoms with Gasteiger partial charge in [0.2, 0.25) is 0 Å². The van der Waals surface area contributed by atoms with Crippen LogP contribution in [0.5, 0.6) is 0 Å². The Morgan fingerprint density at radius 2 is 1.35 bits per heavy atom. The van der Waals surface area contributed by atoms with Gasteiger partial charge in [-0.3, -0.25) is 4.79 Å². The molecule has 8 nitrogen and oxygen atoms in total. The topological polar surface area (TPSA) is 105 Å². The second-order valence-electron chi connectivity index (χ2n) is 5.75. The summed E-state index contributed by atoms with van der Waals surface area (Å²) in [5, 5.41) is 0. The molecule has 0 aromatic carbocycles. The molecular formula is C18H24O8. The third-order valence-electron chi connectivity index (χ3n) is 2.96. The standard InChI is InChI=1S/C18H24O8/c1-6-14(19)25-11-18(5,12-26-15(20)7-2)10-16(21)23-8-9-24-17(22)13(3)4/h6-7H,1-3,8-12H2,4-5H3. The van der Waals surface area contributed by atoms with Gasteiger partial charge in [-0.15, -0.1) is 0 Å². The van der Waals surface area contributed by atoms with Crippen LogP contribution < -0.4 is 0 Å². The van der Waals surface area contributed by atoms with Gasteiger partial charge < -0.3 is 18.9 Å². The van der Waals surface area contributed by atoms with Crippen LogP contribution in [0.3, 0.4) is 0 Å². The number of rotatable bonds is 12. The number of carbonyl (C=O) groups is 4. The van der Waals surface area contributed by atoms with Gasteiger partial charge in [-0.1, -0.05) is 26.7 Å². The molecule has 0 N–H and O–H groups in total. The van der Waals surface area contributed by atoms with Gasteiger partial charge in [-0.25, -0.2) is 14.4 Å². The van der Waals surface area contributed by atoms with Crippen molar-refractivity contribution in [2.45, 2.75) is 20.3 Å². The SMILES string of the molecule is C=CC(=O)OCC(C)(COC(=O)C=C)CC(=O)OCCOC(=O)C(=C)C. The van der Waals surface area contributed by atoms with Crippen LogP contribution in [0.15, 0.2) is 37.5 Å². The highest BCUT2D eigenvalue weighted by Gasteiger charge is 2.32. The first-order valence-electron chi connectivity index (χ1n) is 7.70. The highest BCUT2D eigenvalue weighted by molar-refractivity contribution is 5.86. The maximum Gasteiger partial charge on any atom is 0.333 e. The van der Waals surface area contributed by atoms with Gasteiger partial charge in [-0.2, -0.15) is 0 Å². The number of ether oxygens (including phenoxy) is 4. The highest BCUT2D eigenvalue weighted by Crippen LogP contribution is 2.23. The van der Waals surface area contributed by atoms with E-state index in [1.165, 1.54) is 6.92 Å². The molecule has 0 fully saturated rings. The van der Waals surface area contributed by atoms with Crippen LogP contribution in [0.4, 0.5) is 0 Å². The minimum Gasteiger partial charge on any atom is -0.462 e. The first-order valence-corrected chi connectivity index (χ1v) is 7.70. The fourth-order valence-corrected chi connectivity index (χ4v) is 1.56. The third-order valence-corrected chi connectivity index (χ3v) is 2.96. The summed E-state index contributed by atoms with van der Waals surface area (Å²) in [5.74, 6) is -2.57. The van der Waals surface area contributed by atoms with E-state index in [-0.39, 0.29) is 38.4 Å². The molecule has 0 aliphatic carbocycles. The minimum absolute atomic E-state index is 0.120. The number of esters is 4. The van der Waals surface area contributed by atoms with Crippen molar-refractivity contribution < 1.29 is 38.1 Å². The second-order valence-corrected chi connectivity index (χ2v) is 5.75. The number of carbonyl (C=O) groups excluding carboxylic acids is 4. The highest BCUT2D eigenvalue weighted by atomic mass is 16.6. The summed E-state index contributed by atoms with van der Waals surface area (Å²) in [5.41, 5.74) is -0.778. The molecule has 0 rings (SSSR count). The smallest absolute Gasteiger partial charge is 0.333 e. The van der Waals surface area contributed by atoms with Crippen molar-refractivity contribution in [1.82, 2.24) is 0 Å². The van der Waals surface area contributed by atoms with E-state index >= 15 is 0 Å². The van der Waals surface area contributed by atoms with E-state index in [1.807, 2.05) is 0 Å². The van der Waals surface area contributed by atoms with Crippen molar-refractivity contribution >= 4 is 23.9 Å². The Morgan fingerprint density at radius 1 is 0.885 bits per heavy atom. The lowest BCUT2D eigenvalue weighted by Gasteiger charge is -2.27. The van der Waals surface area contributed by atoms with E-state index < -0.39 is 29.3 Å². The van der Waals surface area contributed by atoms with E-state index in [0.29, 0.717) is 0 Å². The summed E-state index contributed by atoms with van der Waals surface area (Å²) in [6.45, 7) is 12.4. The lowest BCUT2D eigenvalue weighted by Crippen LogP contribution is -2.34.